The van der Waals surface area contributed by atoms with Gasteiger partial charge in [-0.05, 0) is 31.4 Å². The number of piperidine rings is 1. The predicted molar refractivity (Wildman–Crippen MR) is 77.2 cm³/mol. The van der Waals surface area contributed by atoms with E-state index in [-0.39, 0.29) is 11.8 Å². The molecule has 108 valence electrons. The number of aromatic nitrogens is 1. The molecular weight excluding hydrogens is 252 g/mol. The topological polar surface area (TPSA) is 50.3 Å². The Labute approximate surface area is 120 Å². The number of pyridine rings is 1. The number of aryl methyl sites for hydroxylation is 1. The summed E-state index contributed by atoms with van der Waals surface area (Å²) >= 11 is 0. The number of Topliss-reactive ketones (excluding diaryl/α,β-unsaturated/α-hetero) is 1. The van der Waals surface area contributed by atoms with Crippen LogP contribution in [0, 0.1) is 5.92 Å². The average molecular weight is 274 g/mol. The maximum Gasteiger partial charge on any atom is 0.222 e. The van der Waals surface area contributed by atoms with Crippen LogP contribution >= 0.6 is 0 Å². The van der Waals surface area contributed by atoms with E-state index in [0.717, 1.165) is 31.6 Å². The lowest BCUT2D eigenvalue weighted by Crippen LogP contribution is -2.40. The van der Waals surface area contributed by atoms with Crippen LogP contribution in [0.5, 0.6) is 0 Å². The van der Waals surface area contributed by atoms with Gasteiger partial charge in [-0.3, -0.25) is 14.6 Å². The van der Waals surface area contributed by atoms with E-state index in [1.807, 2.05) is 30.0 Å². The molecule has 1 fully saturated rings. The maximum absolute atomic E-state index is 12.1. The first-order valence-corrected chi connectivity index (χ1v) is 7.41. The van der Waals surface area contributed by atoms with Crippen LogP contribution in [0.3, 0.4) is 0 Å². The van der Waals surface area contributed by atoms with Gasteiger partial charge in [0.2, 0.25) is 5.91 Å². The Bertz CT molecular complexity index is 451. The van der Waals surface area contributed by atoms with E-state index < -0.39 is 0 Å². The van der Waals surface area contributed by atoms with Gasteiger partial charge in [0, 0.05) is 43.7 Å². The number of hydrogen-bond donors (Lipinski definition) is 0. The molecule has 1 saturated heterocycles. The fourth-order valence-corrected chi connectivity index (χ4v) is 2.68. The van der Waals surface area contributed by atoms with Crippen molar-refractivity contribution in [2.75, 3.05) is 13.1 Å². The second kappa shape index (κ2) is 7.17. The van der Waals surface area contributed by atoms with Crippen LogP contribution in [-0.4, -0.2) is 34.7 Å². The predicted octanol–water partition coefficient (Wildman–Crippen LogP) is 2.23. The molecule has 4 nitrogen and oxygen atoms in total. The molecule has 0 radical (unpaired) electrons. The first-order chi connectivity index (χ1) is 9.70. The summed E-state index contributed by atoms with van der Waals surface area (Å²) in [5.74, 6) is 0.684. The molecule has 20 heavy (non-hydrogen) atoms. The van der Waals surface area contributed by atoms with Gasteiger partial charge in [-0.15, -0.1) is 0 Å². The lowest BCUT2D eigenvalue weighted by Gasteiger charge is -2.31. The molecule has 0 N–H and O–H groups in total. The fraction of sp³-hybridized carbons (Fsp3) is 0.562. The monoisotopic (exact) mass is 274 g/mol. The van der Waals surface area contributed by atoms with Gasteiger partial charge in [0.05, 0.1) is 0 Å². The zero-order valence-electron chi connectivity index (χ0n) is 12.0. The molecule has 2 rings (SSSR count). The highest BCUT2D eigenvalue weighted by Gasteiger charge is 2.25. The Morgan fingerprint density at radius 3 is 2.65 bits per heavy atom. The zero-order valence-corrected chi connectivity index (χ0v) is 12.0. The van der Waals surface area contributed by atoms with E-state index in [9.17, 15) is 9.59 Å². The van der Waals surface area contributed by atoms with Crippen molar-refractivity contribution in [1.82, 2.24) is 9.88 Å². The molecule has 0 saturated carbocycles. The van der Waals surface area contributed by atoms with Crippen LogP contribution in [0.4, 0.5) is 0 Å². The van der Waals surface area contributed by atoms with Crippen LogP contribution in [-0.2, 0) is 16.0 Å². The Morgan fingerprint density at radius 2 is 2.05 bits per heavy atom. The Morgan fingerprint density at radius 1 is 1.30 bits per heavy atom. The van der Waals surface area contributed by atoms with E-state index >= 15 is 0 Å². The molecule has 1 amide bonds. The highest BCUT2D eigenvalue weighted by atomic mass is 16.2. The summed E-state index contributed by atoms with van der Waals surface area (Å²) in [6.07, 6.45) is 5.20. The zero-order chi connectivity index (χ0) is 14.4. The summed E-state index contributed by atoms with van der Waals surface area (Å²) in [5.41, 5.74) is 0.955. The van der Waals surface area contributed by atoms with Gasteiger partial charge in [-0.2, -0.15) is 0 Å². The van der Waals surface area contributed by atoms with Gasteiger partial charge in [0.1, 0.15) is 5.78 Å². The van der Waals surface area contributed by atoms with E-state index in [0.29, 0.717) is 25.0 Å². The molecular formula is C16H22N2O2. The molecule has 1 aliphatic heterocycles. The molecule has 0 spiro atoms. The normalized spacial score (nSPS) is 16.1. The van der Waals surface area contributed by atoms with Crippen molar-refractivity contribution in [1.29, 1.82) is 0 Å². The lowest BCUT2D eigenvalue weighted by molar-refractivity contribution is -0.135. The molecule has 0 aromatic carbocycles. The van der Waals surface area contributed by atoms with E-state index in [1.165, 1.54) is 0 Å². The Hall–Kier alpha value is -1.71. The van der Waals surface area contributed by atoms with Gasteiger partial charge in [-0.25, -0.2) is 0 Å². The molecule has 4 heteroatoms. The third-order valence-corrected chi connectivity index (χ3v) is 3.97. The van der Waals surface area contributed by atoms with Crippen molar-refractivity contribution in [3.8, 4) is 0 Å². The van der Waals surface area contributed by atoms with Crippen molar-refractivity contribution >= 4 is 11.7 Å². The second-order valence-electron chi connectivity index (χ2n) is 5.30. The van der Waals surface area contributed by atoms with Crippen molar-refractivity contribution in [2.45, 2.75) is 39.0 Å². The summed E-state index contributed by atoms with van der Waals surface area (Å²) in [6, 6.07) is 5.76. The van der Waals surface area contributed by atoms with Crippen molar-refractivity contribution < 1.29 is 9.59 Å². The number of hydrogen-bond acceptors (Lipinski definition) is 3. The number of carbonyl (C=O) groups excluding carboxylic acids is 2. The number of amides is 1. The maximum atomic E-state index is 12.1. The summed E-state index contributed by atoms with van der Waals surface area (Å²) < 4.78 is 0. The first-order valence-electron chi connectivity index (χ1n) is 7.41. The van der Waals surface area contributed by atoms with Crippen LogP contribution in [0.25, 0.3) is 0 Å². The SMILES string of the molecule is CCC(=O)C1CCN(C(=O)CCc2ccccn2)CC1. The fourth-order valence-electron chi connectivity index (χ4n) is 2.68. The summed E-state index contributed by atoms with van der Waals surface area (Å²) in [4.78, 5) is 29.9. The number of carbonyl (C=O) groups is 2. The molecule has 0 aliphatic carbocycles. The molecule has 1 aromatic rings. The number of ketones is 1. The quantitative estimate of drug-likeness (QED) is 0.827. The van der Waals surface area contributed by atoms with Gasteiger partial charge < -0.3 is 4.90 Å². The Balaban J connectivity index is 1.76. The lowest BCUT2D eigenvalue weighted by atomic mass is 9.91. The highest BCUT2D eigenvalue weighted by molar-refractivity contribution is 5.81. The minimum absolute atomic E-state index is 0.167. The first kappa shape index (κ1) is 14.7. The number of rotatable bonds is 5. The van der Waals surface area contributed by atoms with Crippen molar-refractivity contribution in [3.05, 3.63) is 30.1 Å². The molecule has 1 aliphatic rings. The molecule has 1 aromatic heterocycles. The van der Waals surface area contributed by atoms with Crippen LogP contribution < -0.4 is 0 Å². The van der Waals surface area contributed by atoms with Crippen LogP contribution in [0.1, 0.15) is 38.3 Å². The van der Waals surface area contributed by atoms with E-state index in [4.69, 9.17) is 0 Å². The number of likely N-dealkylation sites (tertiary alicyclic amines) is 1. The smallest absolute Gasteiger partial charge is 0.222 e. The Kier molecular flexibility index (Phi) is 5.27. The highest BCUT2D eigenvalue weighted by Crippen LogP contribution is 2.20. The summed E-state index contributed by atoms with van der Waals surface area (Å²) in [7, 11) is 0. The van der Waals surface area contributed by atoms with Crippen LogP contribution in [0.2, 0.25) is 0 Å². The number of nitrogens with zero attached hydrogens (tertiary/aromatic N) is 2. The second-order valence-corrected chi connectivity index (χ2v) is 5.30. The molecule has 2 heterocycles. The molecule has 0 unspecified atom stereocenters. The largest absolute Gasteiger partial charge is 0.343 e. The third kappa shape index (κ3) is 3.89. The van der Waals surface area contributed by atoms with Crippen molar-refractivity contribution in [3.63, 3.8) is 0 Å². The van der Waals surface area contributed by atoms with Gasteiger partial charge in [0.25, 0.3) is 0 Å². The average Bonchev–Trinajstić information content (AvgIpc) is 2.53. The molecule has 0 bridgehead atoms. The third-order valence-electron chi connectivity index (χ3n) is 3.97. The summed E-state index contributed by atoms with van der Waals surface area (Å²) in [5, 5.41) is 0. The van der Waals surface area contributed by atoms with E-state index in [1.54, 1.807) is 6.20 Å². The van der Waals surface area contributed by atoms with Crippen molar-refractivity contribution in [2.24, 2.45) is 5.92 Å². The van der Waals surface area contributed by atoms with Gasteiger partial charge in [0.15, 0.2) is 0 Å². The van der Waals surface area contributed by atoms with E-state index in [2.05, 4.69) is 4.98 Å². The van der Waals surface area contributed by atoms with Crippen LogP contribution in [0.15, 0.2) is 24.4 Å². The van der Waals surface area contributed by atoms with Gasteiger partial charge in [-0.1, -0.05) is 13.0 Å². The van der Waals surface area contributed by atoms with Gasteiger partial charge >= 0.3 is 0 Å². The minimum Gasteiger partial charge on any atom is -0.343 e. The molecule has 0 atom stereocenters. The standard InChI is InChI=1S/C16H22N2O2/c1-2-15(19)13-8-11-18(12-9-13)16(20)7-6-14-5-3-4-10-17-14/h3-5,10,13H,2,6-9,11-12H2,1H3. The summed E-state index contributed by atoms with van der Waals surface area (Å²) in [6.45, 7) is 3.35. The minimum atomic E-state index is 0.167.